The second-order valence-corrected chi connectivity index (χ2v) is 6.63. The predicted octanol–water partition coefficient (Wildman–Crippen LogP) is 5.37. The summed E-state index contributed by atoms with van der Waals surface area (Å²) in [5, 5.41) is 1.02. The molecule has 0 radical (unpaired) electrons. The normalized spacial score (nSPS) is 11.2. The van der Waals surface area contributed by atoms with Crippen molar-refractivity contribution in [2.75, 3.05) is 7.11 Å². The van der Waals surface area contributed by atoms with Gasteiger partial charge >= 0.3 is 5.97 Å². The van der Waals surface area contributed by atoms with Crippen LogP contribution in [-0.2, 0) is 11.3 Å². The number of carbonyl (C=O) groups is 1. The quantitative estimate of drug-likeness (QED) is 0.342. The van der Waals surface area contributed by atoms with Crippen LogP contribution in [0.1, 0.15) is 21.5 Å². The summed E-state index contributed by atoms with van der Waals surface area (Å²) in [6.45, 7) is 0.582. The van der Waals surface area contributed by atoms with Crippen LogP contribution >= 0.6 is 0 Å². The second kappa shape index (κ2) is 8.10. The Morgan fingerprint density at radius 2 is 1.86 bits per heavy atom. The maximum absolute atomic E-state index is 13.9. The molecule has 0 bridgehead atoms. The standard InChI is InChI=1S/C24H19FN2O2/c1-29-24(28)18-8-6-7-17(13-18)15-27-16-19(20-9-2-5-12-23(20)27)14-26-22-11-4-3-10-21(22)25/h2-14,16H,15H2,1H3. The highest BCUT2D eigenvalue weighted by atomic mass is 19.1. The van der Waals surface area contributed by atoms with E-state index in [1.54, 1.807) is 30.5 Å². The van der Waals surface area contributed by atoms with Gasteiger partial charge in [-0.1, -0.05) is 42.5 Å². The minimum atomic E-state index is -0.359. The Morgan fingerprint density at radius 1 is 1.07 bits per heavy atom. The number of hydrogen-bond acceptors (Lipinski definition) is 3. The van der Waals surface area contributed by atoms with Gasteiger partial charge in [0.05, 0.1) is 18.4 Å². The van der Waals surface area contributed by atoms with E-state index in [1.165, 1.54) is 13.2 Å². The Labute approximate surface area is 167 Å². The van der Waals surface area contributed by atoms with Crippen LogP contribution in [0.4, 0.5) is 10.1 Å². The predicted molar refractivity (Wildman–Crippen MR) is 112 cm³/mol. The van der Waals surface area contributed by atoms with Crippen molar-refractivity contribution in [3.05, 3.63) is 102 Å². The number of benzene rings is 3. The van der Waals surface area contributed by atoms with Gasteiger partial charge in [0, 0.05) is 35.4 Å². The van der Waals surface area contributed by atoms with E-state index in [0.29, 0.717) is 17.8 Å². The zero-order chi connectivity index (χ0) is 20.2. The lowest BCUT2D eigenvalue weighted by atomic mass is 10.1. The van der Waals surface area contributed by atoms with Crippen LogP contribution in [0, 0.1) is 5.82 Å². The molecule has 0 saturated carbocycles. The molecule has 0 aliphatic heterocycles. The van der Waals surface area contributed by atoms with Crippen LogP contribution in [0.25, 0.3) is 10.9 Å². The molecule has 0 unspecified atom stereocenters. The first-order chi connectivity index (χ1) is 14.2. The summed E-state index contributed by atoms with van der Waals surface area (Å²) in [7, 11) is 1.37. The minimum absolute atomic E-state index is 0.301. The van der Waals surface area contributed by atoms with Crippen molar-refractivity contribution in [2.24, 2.45) is 4.99 Å². The van der Waals surface area contributed by atoms with Crippen molar-refractivity contribution in [1.82, 2.24) is 4.57 Å². The molecule has 5 heteroatoms. The first-order valence-corrected chi connectivity index (χ1v) is 9.19. The van der Waals surface area contributed by atoms with Crippen LogP contribution < -0.4 is 0 Å². The van der Waals surface area contributed by atoms with Gasteiger partial charge in [-0.25, -0.2) is 9.18 Å². The molecule has 4 aromatic rings. The molecular weight excluding hydrogens is 367 g/mol. The highest BCUT2D eigenvalue weighted by Crippen LogP contribution is 2.23. The third kappa shape index (κ3) is 3.94. The molecule has 4 rings (SSSR count). The maximum Gasteiger partial charge on any atom is 0.337 e. The van der Waals surface area contributed by atoms with E-state index in [9.17, 15) is 9.18 Å². The number of rotatable bonds is 5. The third-order valence-electron chi connectivity index (χ3n) is 4.72. The van der Waals surface area contributed by atoms with Gasteiger partial charge in [-0.15, -0.1) is 0 Å². The fourth-order valence-corrected chi connectivity index (χ4v) is 3.32. The van der Waals surface area contributed by atoms with Gasteiger partial charge in [-0.2, -0.15) is 0 Å². The topological polar surface area (TPSA) is 43.6 Å². The molecule has 4 nitrogen and oxygen atoms in total. The van der Waals surface area contributed by atoms with E-state index in [1.807, 2.05) is 48.7 Å². The molecule has 0 atom stereocenters. The summed E-state index contributed by atoms with van der Waals surface area (Å²) >= 11 is 0. The molecule has 0 amide bonds. The average molecular weight is 386 g/mol. The Bertz CT molecular complexity index is 1210. The average Bonchev–Trinajstić information content (AvgIpc) is 3.10. The van der Waals surface area contributed by atoms with Crippen molar-refractivity contribution in [3.8, 4) is 0 Å². The molecule has 0 N–H and O–H groups in total. The van der Waals surface area contributed by atoms with Crippen LogP contribution in [0.5, 0.6) is 0 Å². The summed E-state index contributed by atoms with van der Waals surface area (Å²) in [5.41, 5.74) is 3.73. The number of nitrogens with zero attached hydrogens (tertiary/aromatic N) is 2. The number of fused-ring (bicyclic) bond motifs is 1. The van der Waals surface area contributed by atoms with Gasteiger partial charge in [0.2, 0.25) is 0 Å². The third-order valence-corrected chi connectivity index (χ3v) is 4.72. The molecule has 0 aliphatic carbocycles. The molecule has 0 saturated heterocycles. The van der Waals surface area contributed by atoms with Gasteiger partial charge in [0.15, 0.2) is 0 Å². The number of hydrogen-bond donors (Lipinski definition) is 0. The Balaban J connectivity index is 1.70. The number of halogens is 1. The zero-order valence-corrected chi connectivity index (χ0v) is 15.9. The molecule has 0 aliphatic rings. The lowest BCUT2D eigenvalue weighted by Gasteiger charge is -2.07. The molecular formula is C24H19FN2O2. The van der Waals surface area contributed by atoms with Crippen LogP contribution in [-0.4, -0.2) is 23.9 Å². The molecule has 3 aromatic carbocycles. The van der Waals surface area contributed by atoms with Crippen LogP contribution in [0.15, 0.2) is 84.0 Å². The fourth-order valence-electron chi connectivity index (χ4n) is 3.32. The first kappa shape index (κ1) is 18.6. The Morgan fingerprint density at radius 3 is 2.69 bits per heavy atom. The number of esters is 1. The summed E-state index contributed by atoms with van der Waals surface area (Å²) in [6.07, 6.45) is 3.67. The Hall–Kier alpha value is -3.73. The summed E-state index contributed by atoms with van der Waals surface area (Å²) in [6, 6.07) is 21.8. The van der Waals surface area contributed by atoms with Crippen molar-refractivity contribution < 1.29 is 13.9 Å². The monoisotopic (exact) mass is 386 g/mol. The lowest BCUT2D eigenvalue weighted by Crippen LogP contribution is -2.03. The summed E-state index contributed by atoms with van der Waals surface area (Å²) < 4.78 is 20.8. The van der Waals surface area contributed by atoms with Crippen LogP contribution in [0.2, 0.25) is 0 Å². The Kier molecular flexibility index (Phi) is 5.20. The van der Waals surface area contributed by atoms with E-state index < -0.39 is 0 Å². The molecule has 1 aromatic heterocycles. The van der Waals surface area contributed by atoms with Crippen molar-refractivity contribution >= 4 is 28.8 Å². The maximum atomic E-state index is 13.9. The van der Waals surface area contributed by atoms with Crippen molar-refractivity contribution in [3.63, 3.8) is 0 Å². The second-order valence-electron chi connectivity index (χ2n) is 6.63. The molecule has 0 spiro atoms. The smallest absolute Gasteiger partial charge is 0.337 e. The highest BCUT2D eigenvalue weighted by Gasteiger charge is 2.10. The number of para-hydroxylation sites is 2. The minimum Gasteiger partial charge on any atom is -0.465 e. The van der Waals surface area contributed by atoms with E-state index in [-0.39, 0.29) is 11.8 Å². The van der Waals surface area contributed by atoms with Gasteiger partial charge in [0.1, 0.15) is 5.82 Å². The summed E-state index contributed by atoms with van der Waals surface area (Å²) in [4.78, 5) is 16.1. The van der Waals surface area contributed by atoms with E-state index in [2.05, 4.69) is 9.56 Å². The van der Waals surface area contributed by atoms with E-state index in [4.69, 9.17) is 4.74 Å². The molecule has 29 heavy (non-hydrogen) atoms. The van der Waals surface area contributed by atoms with Crippen molar-refractivity contribution in [2.45, 2.75) is 6.54 Å². The number of methoxy groups -OCH3 is 1. The van der Waals surface area contributed by atoms with Gasteiger partial charge in [0.25, 0.3) is 0 Å². The van der Waals surface area contributed by atoms with Gasteiger partial charge in [-0.05, 0) is 35.9 Å². The zero-order valence-electron chi connectivity index (χ0n) is 15.9. The summed E-state index contributed by atoms with van der Waals surface area (Å²) in [5.74, 6) is -0.714. The van der Waals surface area contributed by atoms with E-state index >= 15 is 0 Å². The number of ether oxygens (including phenoxy) is 1. The molecule has 0 fully saturated rings. The molecule has 1 heterocycles. The van der Waals surface area contributed by atoms with Gasteiger partial charge in [-0.3, -0.25) is 4.99 Å². The molecule has 144 valence electrons. The fraction of sp³-hybridized carbons (Fsp3) is 0.0833. The van der Waals surface area contributed by atoms with Crippen LogP contribution in [0.3, 0.4) is 0 Å². The van der Waals surface area contributed by atoms with Gasteiger partial charge < -0.3 is 9.30 Å². The van der Waals surface area contributed by atoms with Crippen molar-refractivity contribution in [1.29, 1.82) is 0 Å². The SMILES string of the molecule is COC(=O)c1cccc(Cn2cc(C=Nc3ccccc3F)c3ccccc32)c1. The number of aromatic nitrogens is 1. The van der Waals surface area contributed by atoms with E-state index in [0.717, 1.165) is 22.0 Å². The largest absolute Gasteiger partial charge is 0.465 e. The number of aliphatic imine (C=N–C) groups is 1. The number of carbonyl (C=O) groups excluding carboxylic acids is 1. The lowest BCUT2D eigenvalue weighted by molar-refractivity contribution is 0.0600. The highest BCUT2D eigenvalue weighted by molar-refractivity contribution is 6.00. The first-order valence-electron chi connectivity index (χ1n) is 9.19.